The quantitative estimate of drug-likeness (QED) is 0.807. The molecular formula is C18H30N2S. The predicted octanol–water partition coefficient (Wildman–Crippen LogP) is 4.32. The molecule has 1 aromatic rings. The molecule has 1 saturated carbocycles. The van der Waals surface area contributed by atoms with Crippen LogP contribution >= 0.6 is 11.3 Å². The second kappa shape index (κ2) is 7.26. The summed E-state index contributed by atoms with van der Waals surface area (Å²) >= 11 is 1.99. The van der Waals surface area contributed by atoms with Crippen molar-refractivity contribution in [2.75, 3.05) is 13.1 Å². The van der Waals surface area contributed by atoms with Crippen LogP contribution in [0.1, 0.15) is 60.8 Å². The molecule has 0 bridgehead atoms. The Labute approximate surface area is 133 Å². The van der Waals surface area contributed by atoms with Gasteiger partial charge in [0, 0.05) is 28.9 Å². The predicted molar refractivity (Wildman–Crippen MR) is 91.8 cm³/mol. The van der Waals surface area contributed by atoms with Crippen LogP contribution in [0.5, 0.6) is 0 Å². The standard InChI is InChI=1S/C18H30N2S/c1-3-4-15-7-9-20(10-8-15)13-16-11-18(21-14(16)2)12-19-17-5-6-17/h11,15,17,19H,3-10,12-13H2,1-2H3. The molecule has 1 aliphatic carbocycles. The van der Waals surface area contributed by atoms with Crippen LogP contribution in [0.15, 0.2) is 6.07 Å². The Bertz CT molecular complexity index is 442. The third-order valence-corrected chi connectivity index (χ3v) is 6.10. The monoisotopic (exact) mass is 306 g/mol. The van der Waals surface area contributed by atoms with Gasteiger partial charge < -0.3 is 5.32 Å². The Morgan fingerprint density at radius 1 is 1.24 bits per heavy atom. The zero-order chi connectivity index (χ0) is 14.7. The maximum Gasteiger partial charge on any atom is 0.0302 e. The van der Waals surface area contributed by atoms with Crippen LogP contribution in [-0.2, 0) is 13.1 Å². The molecular weight excluding hydrogens is 276 g/mol. The fraction of sp³-hybridized carbons (Fsp3) is 0.778. The molecule has 2 aliphatic rings. The molecule has 1 saturated heterocycles. The summed E-state index contributed by atoms with van der Waals surface area (Å²) in [6.07, 6.45) is 8.36. The number of aryl methyl sites for hydroxylation is 1. The average Bonchev–Trinajstić information content (AvgIpc) is 3.24. The van der Waals surface area contributed by atoms with Crippen molar-refractivity contribution in [3.8, 4) is 0 Å². The summed E-state index contributed by atoms with van der Waals surface area (Å²) in [5, 5.41) is 3.63. The van der Waals surface area contributed by atoms with E-state index in [1.54, 1.807) is 5.56 Å². The molecule has 1 aliphatic heterocycles. The highest BCUT2D eigenvalue weighted by Gasteiger charge is 2.21. The second-order valence-electron chi connectivity index (χ2n) is 6.96. The third-order valence-electron chi connectivity index (χ3n) is 5.01. The van der Waals surface area contributed by atoms with E-state index in [0.717, 1.165) is 18.5 Å². The van der Waals surface area contributed by atoms with Crippen LogP contribution in [-0.4, -0.2) is 24.0 Å². The van der Waals surface area contributed by atoms with Crippen molar-refractivity contribution in [1.29, 1.82) is 0 Å². The highest BCUT2D eigenvalue weighted by Crippen LogP contribution is 2.27. The molecule has 2 nitrogen and oxygen atoms in total. The first kappa shape index (κ1) is 15.5. The zero-order valence-electron chi connectivity index (χ0n) is 13.7. The smallest absolute Gasteiger partial charge is 0.0302 e. The van der Waals surface area contributed by atoms with Crippen molar-refractivity contribution in [2.24, 2.45) is 5.92 Å². The summed E-state index contributed by atoms with van der Waals surface area (Å²) in [5.74, 6) is 0.994. The van der Waals surface area contributed by atoms with E-state index in [2.05, 4.69) is 30.1 Å². The summed E-state index contributed by atoms with van der Waals surface area (Å²) in [6.45, 7) is 9.47. The highest BCUT2D eigenvalue weighted by atomic mass is 32.1. The van der Waals surface area contributed by atoms with Gasteiger partial charge in [0.05, 0.1) is 0 Å². The normalized spacial score (nSPS) is 21.0. The summed E-state index contributed by atoms with van der Waals surface area (Å²) in [6, 6.07) is 3.27. The lowest BCUT2D eigenvalue weighted by Crippen LogP contribution is -2.33. The number of thiophene rings is 1. The lowest BCUT2D eigenvalue weighted by molar-refractivity contribution is 0.172. The molecule has 0 amide bonds. The molecule has 3 heteroatoms. The van der Waals surface area contributed by atoms with Gasteiger partial charge in [-0.3, -0.25) is 4.90 Å². The van der Waals surface area contributed by atoms with Crippen molar-refractivity contribution in [2.45, 2.75) is 71.5 Å². The number of hydrogen-bond acceptors (Lipinski definition) is 3. The van der Waals surface area contributed by atoms with Crippen LogP contribution in [0.3, 0.4) is 0 Å². The van der Waals surface area contributed by atoms with Crippen LogP contribution in [0.2, 0.25) is 0 Å². The summed E-state index contributed by atoms with van der Waals surface area (Å²) in [7, 11) is 0. The number of nitrogens with zero attached hydrogens (tertiary/aromatic N) is 1. The van der Waals surface area contributed by atoms with Gasteiger partial charge >= 0.3 is 0 Å². The Morgan fingerprint density at radius 3 is 2.67 bits per heavy atom. The molecule has 1 N–H and O–H groups in total. The Hall–Kier alpha value is -0.380. The van der Waals surface area contributed by atoms with Gasteiger partial charge in [-0.15, -0.1) is 11.3 Å². The molecule has 1 aromatic heterocycles. The SMILES string of the molecule is CCCC1CCN(Cc2cc(CNC3CC3)sc2C)CC1. The van der Waals surface area contributed by atoms with Crippen LogP contribution < -0.4 is 5.32 Å². The van der Waals surface area contributed by atoms with Crippen molar-refractivity contribution in [3.05, 3.63) is 21.4 Å². The Kier molecular flexibility index (Phi) is 5.36. The van der Waals surface area contributed by atoms with Crippen LogP contribution in [0.4, 0.5) is 0 Å². The lowest BCUT2D eigenvalue weighted by atomic mass is 9.92. The van der Waals surface area contributed by atoms with E-state index in [4.69, 9.17) is 0 Å². The number of likely N-dealkylation sites (tertiary alicyclic amines) is 1. The van der Waals surface area contributed by atoms with Gasteiger partial charge in [-0.05, 0) is 63.2 Å². The number of rotatable bonds is 7. The molecule has 0 spiro atoms. The molecule has 0 atom stereocenters. The molecule has 0 radical (unpaired) electrons. The number of piperidine rings is 1. The molecule has 2 fully saturated rings. The first-order chi connectivity index (χ1) is 10.2. The van der Waals surface area contributed by atoms with Crippen molar-refractivity contribution in [1.82, 2.24) is 10.2 Å². The van der Waals surface area contributed by atoms with Crippen LogP contribution in [0.25, 0.3) is 0 Å². The van der Waals surface area contributed by atoms with E-state index in [1.807, 2.05) is 11.3 Å². The lowest BCUT2D eigenvalue weighted by Gasteiger charge is -2.31. The van der Waals surface area contributed by atoms with E-state index >= 15 is 0 Å². The second-order valence-corrected chi connectivity index (χ2v) is 8.30. The number of nitrogens with one attached hydrogen (secondary N) is 1. The minimum absolute atomic E-state index is 0.813. The topological polar surface area (TPSA) is 15.3 Å². The van der Waals surface area contributed by atoms with Gasteiger partial charge in [0.1, 0.15) is 0 Å². The van der Waals surface area contributed by atoms with Gasteiger partial charge in [-0.2, -0.15) is 0 Å². The minimum atomic E-state index is 0.813. The highest BCUT2D eigenvalue weighted by molar-refractivity contribution is 7.12. The molecule has 0 aromatic carbocycles. The summed E-state index contributed by atoms with van der Waals surface area (Å²) < 4.78 is 0. The van der Waals surface area contributed by atoms with Gasteiger partial charge in [0.2, 0.25) is 0 Å². The largest absolute Gasteiger partial charge is 0.309 e. The van der Waals surface area contributed by atoms with Crippen molar-refractivity contribution in [3.63, 3.8) is 0 Å². The van der Waals surface area contributed by atoms with Crippen LogP contribution in [0, 0.1) is 12.8 Å². The number of hydrogen-bond donors (Lipinski definition) is 1. The Morgan fingerprint density at radius 2 is 2.00 bits per heavy atom. The minimum Gasteiger partial charge on any atom is -0.309 e. The van der Waals surface area contributed by atoms with E-state index in [-0.39, 0.29) is 0 Å². The molecule has 118 valence electrons. The fourth-order valence-electron chi connectivity index (χ4n) is 3.45. The zero-order valence-corrected chi connectivity index (χ0v) is 14.5. The van der Waals surface area contributed by atoms with E-state index in [9.17, 15) is 0 Å². The van der Waals surface area contributed by atoms with Gasteiger partial charge in [0.25, 0.3) is 0 Å². The maximum absolute atomic E-state index is 3.63. The molecule has 2 heterocycles. The first-order valence-corrected chi connectivity index (χ1v) is 9.60. The van der Waals surface area contributed by atoms with Gasteiger partial charge in [0.15, 0.2) is 0 Å². The maximum atomic E-state index is 3.63. The third kappa shape index (κ3) is 4.54. The first-order valence-electron chi connectivity index (χ1n) is 8.78. The Balaban J connectivity index is 1.48. The van der Waals surface area contributed by atoms with Gasteiger partial charge in [-0.1, -0.05) is 19.8 Å². The van der Waals surface area contributed by atoms with Crippen molar-refractivity contribution < 1.29 is 0 Å². The summed E-state index contributed by atoms with van der Waals surface area (Å²) in [4.78, 5) is 5.72. The van der Waals surface area contributed by atoms with E-state index in [0.29, 0.717) is 0 Å². The van der Waals surface area contributed by atoms with Crippen molar-refractivity contribution >= 4 is 11.3 Å². The summed E-state index contributed by atoms with van der Waals surface area (Å²) in [5.41, 5.74) is 1.57. The molecule has 3 rings (SSSR count). The fourth-order valence-corrected chi connectivity index (χ4v) is 4.45. The van der Waals surface area contributed by atoms with E-state index < -0.39 is 0 Å². The molecule has 0 unspecified atom stereocenters. The molecule has 21 heavy (non-hydrogen) atoms. The average molecular weight is 307 g/mol. The van der Waals surface area contributed by atoms with E-state index in [1.165, 1.54) is 67.9 Å². The van der Waals surface area contributed by atoms with Gasteiger partial charge in [-0.25, -0.2) is 0 Å².